The van der Waals surface area contributed by atoms with E-state index in [1.807, 2.05) is 0 Å². The lowest BCUT2D eigenvalue weighted by Gasteiger charge is -2.22. The molecule has 3 rings (SSSR count). The molecule has 1 fully saturated rings. The van der Waals surface area contributed by atoms with E-state index >= 15 is 0 Å². The van der Waals surface area contributed by atoms with E-state index in [0.29, 0.717) is 17.9 Å². The lowest BCUT2D eigenvalue weighted by atomic mass is 9.92. The molecule has 0 spiro atoms. The minimum atomic E-state index is -1.20. The summed E-state index contributed by atoms with van der Waals surface area (Å²) >= 11 is 0. The van der Waals surface area contributed by atoms with Crippen LogP contribution in [0.25, 0.3) is 0 Å². The SMILES string of the molecule is COc1ccc(C2(C)NC(=O)N(CC(=O)NCCC3=CCCCC3)C2=O)cc1. The molecule has 150 valence electrons. The van der Waals surface area contributed by atoms with Crippen molar-refractivity contribution >= 4 is 17.8 Å². The van der Waals surface area contributed by atoms with Crippen LogP contribution >= 0.6 is 0 Å². The van der Waals surface area contributed by atoms with Gasteiger partial charge >= 0.3 is 6.03 Å². The standard InChI is InChI=1S/C21H27N3O4/c1-21(16-8-10-17(28-2)11-9-16)19(26)24(20(27)23-21)14-18(25)22-13-12-15-6-4-3-5-7-15/h6,8-11H,3-5,7,12-14H2,1-2H3,(H,22,25)(H,23,27). The van der Waals surface area contributed by atoms with Gasteiger partial charge < -0.3 is 15.4 Å². The van der Waals surface area contributed by atoms with Crippen molar-refractivity contribution in [3.63, 3.8) is 0 Å². The fourth-order valence-corrected chi connectivity index (χ4v) is 3.65. The molecule has 1 aliphatic carbocycles. The van der Waals surface area contributed by atoms with E-state index in [0.717, 1.165) is 24.2 Å². The lowest BCUT2D eigenvalue weighted by molar-refractivity contribution is -0.134. The molecule has 0 bridgehead atoms. The van der Waals surface area contributed by atoms with E-state index in [1.165, 1.54) is 18.4 Å². The molecule has 2 N–H and O–H groups in total. The van der Waals surface area contributed by atoms with E-state index in [9.17, 15) is 14.4 Å². The van der Waals surface area contributed by atoms with Gasteiger partial charge in [-0.1, -0.05) is 23.8 Å². The van der Waals surface area contributed by atoms with Crippen molar-refractivity contribution in [2.75, 3.05) is 20.2 Å². The van der Waals surface area contributed by atoms with Crippen LogP contribution in [0.4, 0.5) is 4.79 Å². The van der Waals surface area contributed by atoms with Crippen LogP contribution in [0, 0.1) is 0 Å². The summed E-state index contributed by atoms with van der Waals surface area (Å²) < 4.78 is 5.13. The Bertz CT molecular complexity index is 787. The first-order valence-corrected chi connectivity index (χ1v) is 9.67. The Labute approximate surface area is 165 Å². The normalized spacial score (nSPS) is 21.9. The maximum Gasteiger partial charge on any atom is 0.325 e. The Morgan fingerprint density at radius 3 is 2.64 bits per heavy atom. The molecule has 1 atom stereocenters. The van der Waals surface area contributed by atoms with Crippen LogP contribution in [0.5, 0.6) is 5.75 Å². The van der Waals surface area contributed by atoms with E-state index in [4.69, 9.17) is 4.74 Å². The topological polar surface area (TPSA) is 87.7 Å². The number of amides is 4. The summed E-state index contributed by atoms with van der Waals surface area (Å²) in [5.41, 5.74) is 0.809. The third-order valence-electron chi connectivity index (χ3n) is 5.40. The molecule has 28 heavy (non-hydrogen) atoms. The monoisotopic (exact) mass is 385 g/mol. The number of methoxy groups -OCH3 is 1. The maximum absolute atomic E-state index is 12.9. The van der Waals surface area contributed by atoms with Crippen LogP contribution < -0.4 is 15.4 Å². The fourth-order valence-electron chi connectivity index (χ4n) is 3.65. The summed E-state index contributed by atoms with van der Waals surface area (Å²) in [4.78, 5) is 38.4. The van der Waals surface area contributed by atoms with Gasteiger partial charge in [-0.05, 0) is 56.7 Å². The van der Waals surface area contributed by atoms with Crippen molar-refractivity contribution in [3.8, 4) is 5.75 Å². The number of hydrogen-bond donors (Lipinski definition) is 2. The smallest absolute Gasteiger partial charge is 0.325 e. The minimum absolute atomic E-state index is 0.282. The van der Waals surface area contributed by atoms with Crippen molar-refractivity contribution in [2.24, 2.45) is 0 Å². The molecule has 7 heteroatoms. The molecule has 0 aromatic heterocycles. The van der Waals surface area contributed by atoms with Crippen molar-refractivity contribution in [2.45, 2.75) is 44.6 Å². The van der Waals surface area contributed by atoms with Crippen molar-refractivity contribution in [1.82, 2.24) is 15.5 Å². The Balaban J connectivity index is 1.58. The zero-order chi connectivity index (χ0) is 20.1. The second-order valence-electron chi connectivity index (χ2n) is 7.38. The lowest BCUT2D eigenvalue weighted by Crippen LogP contribution is -2.43. The first-order valence-electron chi connectivity index (χ1n) is 9.67. The summed E-state index contributed by atoms with van der Waals surface area (Å²) in [5.74, 6) is -0.111. The van der Waals surface area contributed by atoms with Gasteiger partial charge in [0.25, 0.3) is 5.91 Å². The average Bonchev–Trinajstić information content (AvgIpc) is 2.93. The number of nitrogens with one attached hydrogen (secondary N) is 2. The quantitative estimate of drug-likeness (QED) is 0.558. The molecule has 1 aromatic carbocycles. The minimum Gasteiger partial charge on any atom is -0.497 e. The van der Waals surface area contributed by atoms with Gasteiger partial charge in [0.2, 0.25) is 5.91 Å². The second-order valence-corrected chi connectivity index (χ2v) is 7.38. The number of imide groups is 1. The van der Waals surface area contributed by atoms with Crippen molar-refractivity contribution in [1.29, 1.82) is 0 Å². The van der Waals surface area contributed by atoms with Crippen LogP contribution in [0.3, 0.4) is 0 Å². The number of carbonyl (C=O) groups excluding carboxylic acids is 3. The summed E-state index contributed by atoms with van der Waals surface area (Å²) in [6, 6.07) is 6.37. The Kier molecular flexibility index (Phi) is 6.02. The number of hydrogen-bond acceptors (Lipinski definition) is 4. The molecule has 1 heterocycles. The third kappa shape index (κ3) is 4.18. The molecule has 4 amide bonds. The van der Waals surface area contributed by atoms with Crippen LogP contribution in [0.1, 0.15) is 44.6 Å². The summed E-state index contributed by atoms with van der Waals surface area (Å²) in [7, 11) is 1.56. The molecular formula is C21H27N3O4. The van der Waals surface area contributed by atoms with Gasteiger partial charge in [-0.15, -0.1) is 0 Å². The number of benzene rings is 1. The molecule has 1 unspecified atom stereocenters. The van der Waals surface area contributed by atoms with Crippen LogP contribution in [0.15, 0.2) is 35.9 Å². The number of allylic oxidation sites excluding steroid dienone is 1. The zero-order valence-corrected chi connectivity index (χ0v) is 16.4. The van der Waals surface area contributed by atoms with Gasteiger partial charge in [-0.25, -0.2) is 4.79 Å². The van der Waals surface area contributed by atoms with Crippen LogP contribution in [0.2, 0.25) is 0 Å². The largest absolute Gasteiger partial charge is 0.497 e. The number of ether oxygens (including phenoxy) is 1. The van der Waals surface area contributed by atoms with E-state index < -0.39 is 17.5 Å². The van der Waals surface area contributed by atoms with Gasteiger partial charge in [0.05, 0.1) is 7.11 Å². The molecule has 1 saturated heterocycles. The Morgan fingerprint density at radius 1 is 1.25 bits per heavy atom. The number of rotatable bonds is 7. The van der Waals surface area contributed by atoms with E-state index in [1.54, 1.807) is 38.3 Å². The predicted molar refractivity (Wildman–Crippen MR) is 105 cm³/mol. The van der Waals surface area contributed by atoms with Crippen LogP contribution in [-0.4, -0.2) is 42.9 Å². The molecule has 1 aromatic rings. The molecule has 0 radical (unpaired) electrons. The summed E-state index contributed by atoms with van der Waals surface area (Å²) in [6.45, 7) is 1.88. The third-order valence-corrected chi connectivity index (χ3v) is 5.40. The fraction of sp³-hybridized carbons (Fsp3) is 0.476. The first kappa shape index (κ1) is 19.9. The Morgan fingerprint density at radius 2 is 2.00 bits per heavy atom. The van der Waals surface area contributed by atoms with E-state index in [2.05, 4.69) is 16.7 Å². The van der Waals surface area contributed by atoms with Gasteiger partial charge in [-0.3, -0.25) is 14.5 Å². The average molecular weight is 385 g/mol. The van der Waals surface area contributed by atoms with Crippen LogP contribution in [-0.2, 0) is 15.1 Å². The van der Waals surface area contributed by atoms with E-state index in [-0.39, 0.29) is 12.5 Å². The number of nitrogens with zero attached hydrogens (tertiary/aromatic N) is 1. The molecule has 2 aliphatic rings. The second kappa shape index (κ2) is 8.46. The Hall–Kier alpha value is -2.83. The number of urea groups is 1. The first-order chi connectivity index (χ1) is 13.4. The highest BCUT2D eigenvalue weighted by Crippen LogP contribution is 2.29. The molecule has 0 saturated carbocycles. The predicted octanol–water partition coefficient (Wildman–Crippen LogP) is 2.47. The highest BCUT2D eigenvalue weighted by atomic mass is 16.5. The van der Waals surface area contributed by atoms with Gasteiger partial charge in [0.15, 0.2) is 0 Å². The number of carbonyl (C=O) groups is 3. The maximum atomic E-state index is 12.9. The highest BCUT2D eigenvalue weighted by Gasteiger charge is 2.49. The summed E-state index contributed by atoms with van der Waals surface area (Å²) in [6.07, 6.45) is 7.68. The van der Waals surface area contributed by atoms with Crippen molar-refractivity contribution in [3.05, 3.63) is 41.5 Å². The van der Waals surface area contributed by atoms with Gasteiger partial charge in [0, 0.05) is 6.54 Å². The molecular weight excluding hydrogens is 358 g/mol. The van der Waals surface area contributed by atoms with Gasteiger partial charge in [-0.2, -0.15) is 0 Å². The molecule has 1 aliphatic heterocycles. The van der Waals surface area contributed by atoms with Crippen molar-refractivity contribution < 1.29 is 19.1 Å². The zero-order valence-electron chi connectivity index (χ0n) is 16.4. The highest BCUT2D eigenvalue weighted by molar-refractivity contribution is 6.09. The molecule has 7 nitrogen and oxygen atoms in total. The summed E-state index contributed by atoms with van der Waals surface area (Å²) in [5, 5.41) is 5.51. The van der Waals surface area contributed by atoms with Gasteiger partial charge in [0.1, 0.15) is 17.8 Å².